The van der Waals surface area contributed by atoms with Crippen LogP contribution in [0.15, 0.2) is 109 Å². The number of azide groups is 1. The molecule has 6 rings (SSSR count). The Balaban J connectivity index is 1.62. The van der Waals surface area contributed by atoms with E-state index in [4.69, 9.17) is 28.1 Å². The summed E-state index contributed by atoms with van der Waals surface area (Å²) in [7, 11) is -2.38. The van der Waals surface area contributed by atoms with Gasteiger partial charge < -0.3 is 38.4 Å². The number of fused-ring (bicyclic) bond motifs is 1. The van der Waals surface area contributed by atoms with Gasteiger partial charge in [-0.1, -0.05) is 145 Å². The van der Waals surface area contributed by atoms with Crippen LogP contribution in [0.1, 0.15) is 124 Å². The Morgan fingerprint density at radius 1 is 0.795 bits per heavy atom. The molecule has 73 heavy (non-hydrogen) atoms. The maximum atomic E-state index is 15.4. The molecule has 3 aromatic carbocycles. The molecule has 2 N–H and O–H groups in total. The van der Waals surface area contributed by atoms with Crippen LogP contribution in [0.3, 0.4) is 0 Å². The lowest BCUT2D eigenvalue weighted by Crippen LogP contribution is -2.52. The molecule has 18 heteroatoms. The second-order valence-corrected chi connectivity index (χ2v) is 25.1. The highest BCUT2D eigenvalue weighted by molar-refractivity contribution is 6.73. The minimum Gasteiger partial charge on any atom is -0.456 e. The van der Waals surface area contributed by atoms with Crippen LogP contribution in [0.25, 0.3) is 21.5 Å². The van der Waals surface area contributed by atoms with Crippen molar-refractivity contribution >= 4 is 43.3 Å². The number of nitrogens with one attached hydrogen (secondary N) is 2. The number of carbonyl (C=O) groups is 3. The number of hydrogen-bond acceptors (Lipinski definition) is 12. The number of aromatic amines is 1. The number of H-pyrrole nitrogens is 1. The maximum Gasteiger partial charge on any atom is 0.411 e. The zero-order chi connectivity index (χ0) is 53.0. The van der Waals surface area contributed by atoms with Crippen molar-refractivity contribution in [1.82, 2.24) is 25.2 Å². The Morgan fingerprint density at radius 3 is 1.81 bits per heavy atom. The number of esters is 1. The summed E-state index contributed by atoms with van der Waals surface area (Å²) in [6, 6.07) is 28.7. The fraction of sp³-hybridized carbons (Fsp3) is 0.509. The van der Waals surface area contributed by atoms with E-state index < -0.39 is 79.5 Å². The number of aromatic nitrogens is 3. The van der Waals surface area contributed by atoms with E-state index in [0.29, 0.717) is 16.6 Å². The van der Waals surface area contributed by atoms with Crippen LogP contribution in [-0.4, -0.2) is 95.2 Å². The van der Waals surface area contributed by atoms with Crippen LogP contribution in [0.2, 0.25) is 18.1 Å². The SMILES string of the molecule is CCC[Si](CCC)(CCC)OCO[C@@H]1[C@H](OC(=O)[C@@H](NC(=O)OC(C)(C)C)C(C)C)[C@@H](COC(c2ccccc2)(c2ccccc2)c2ccccc2)N(C(=O)OC(C)(C)C)[C@H]1c1c[nH]c2c(N=[N+]=[N-])ncnc12. The molecular weight excluding hydrogens is 945 g/mol. The number of amides is 2. The van der Waals surface area contributed by atoms with Gasteiger partial charge in [-0.3, -0.25) is 4.90 Å². The standard InChI is InChI=1S/C55H74N8O9Si/c1-12-30-73(31-13-2,32-14-3)69-36-67-48-46(41-33-57-45-44(41)58-35-59-49(45)61-62-56)63(52(66)72-54(9,10)11)42(47(48)70-50(64)43(37(4)5)60-51(65)71-53(6,7)8)34-68-55(38-24-18-15-19-25-38,39-26-20-16-21-27-39)40-28-22-17-23-29-40/h15-29,33,35,37,42-43,46-48,57H,12-14,30-32,34,36H2,1-11H3,(H,60,65)/t42-,43+,46+,47-,48+/m1/s1. The smallest absolute Gasteiger partial charge is 0.411 e. The highest BCUT2D eigenvalue weighted by atomic mass is 28.4. The first-order valence-corrected chi connectivity index (χ1v) is 28.0. The Labute approximate surface area is 430 Å². The Bertz CT molecular complexity index is 2520. The highest BCUT2D eigenvalue weighted by Crippen LogP contribution is 2.47. The molecule has 1 aliphatic heterocycles. The third-order valence-electron chi connectivity index (χ3n) is 12.8. The van der Waals surface area contributed by atoms with Gasteiger partial charge in [-0.15, -0.1) is 0 Å². The fourth-order valence-electron chi connectivity index (χ4n) is 9.92. The third kappa shape index (κ3) is 13.5. The van der Waals surface area contributed by atoms with E-state index in [0.717, 1.165) is 54.1 Å². The Kier molecular flexibility index (Phi) is 18.9. The summed E-state index contributed by atoms with van der Waals surface area (Å²) in [6.07, 6.45) is 1.65. The van der Waals surface area contributed by atoms with Crippen LogP contribution in [0.4, 0.5) is 15.4 Å². The second-order valence-electron chi connectivity index (χ2n) is 20.9. The van der Waals surface area contributed by atoms with Crippen molar-refractivity contribution in [1.29, 1.82) is 0 Å². The van der Waals surface area contributed by atoms with Crippen molar-refractivity contribution in [2.45, 2.75) is 161 Å². The van der Waals surface area contributed by atoms with Crippen LogP contribution in [-0.2, 0) is 38.5 Å². The summed E-state index contributed by atoms with van der Waals surface area (Å²) < 4.78 is 40.3. The zero-order valence-corrected chi connectivity index (χ0v) is 45.3. The normalized spacial score (nSPS) is 17.8. The van der Waals surface area contributed by atoms with Gasteiger partial charge in [0.1, 0.15) is 42.1 Å². The highest BCUT2D eigenvalue weighted by Gasteiger charge is 2.58. The van der Waals surface area contributed by atoms with Crippen molar-refractivity contribution in [2.75, 3.05) is 13.4 Å². The van der Waals surface area contributed by atoms with Gasteiger partial charge in [-0.2, -0.15) is 0 Å². The average Bonchev–Trinajstić information content (AvgIpc) is 3.90. The number of rotatable bonds is 22. The molecule has 3 heterocycles. The quantitative estimate of drug-likeness (QED) is 0.00972. The summed E-state index contributed by atoms with van der Waals surface area (Å²) >= 11 is 0. The molecule has 2 amide bonds. The lowest BCUT2D eigenvalue weighted by Gasteiger charge is -2.39. The number of hydrogen-bond donors (Lipinski definition) is 2. The van der Waals surface area contributed by atoms with E-state index in [1.165, 1.54) is 11.2 Å². The van der Waals surface area contributed by atoms with Crippen molar-refractivity contribution < 1.29 is 42.5 Å². The summed E-state index contributed by atoms with van der Waals surface area (Å²) in [5, 5.41) is 6.59. The van der Waals surface area contributed by atoms with E-state index in [-0.39, 0.29) is 19.2 Å². The number of carbonyl (C=O) groups excluding carboxylic acids is 3. The van der Waals surface area contributed by atoms with E-state index >= 15 is 9.59 Å². The third-order valence-corrected chi connectivity index (χ3v) is 17.8. The molecule has 17 nitrogen and oxygen atoms in total. The van der Waals surface area contributed by atoms with Crippen molar-refractivity contribution in [3.05, 3.63) is 136 Å². The molecular formula is C55H74N8O9Si. The first-order valence-electron chi connectivity index (χ1n) is 25.5. The molecule has 0 bridgehead atoms. The van der Waals surface area contributed by atoms with E-state index in [1.807, 2.05) is 91.0 Å². The van der Waals surface area contributed by atoms with E-state index in [2.05, 4.69) is 51.1 Å². The van der Waals surface area contributed by atoms with Gasteiger partial charge in [-0.05, 0) is 92.9 Å². The molecule has 0 unspecified atom stereocenters. The number of benzene rings is 3. The van der Waals surface area contributed by atoms with Gasteiger partial charge in [0.15, 0.2) is 20.2 Å². The number of ether oxygens (including phenoxy) is 5. The fourth-order valence-corrected chi connectivity index (χ4v) is 14.2. The van der Waals surface area contributed by atoms with Gasteiger partial charge in [0, 0.05) is 16.7 Å². The largest absolute Gasteiger partial charge is 0.456 e. The zero-order valence-electron chi connectivity index (χ0n) is 44.3. The molecule has 1 saturated heterocycles. The molecule has 2 aromatic heterocycles. The maximum absolute atomic E-state index is 15.4. The van der Waals surface area contributed by atoms with Crippen molar-refractivity contribution in [3.8, 4) is 0 Å². The molecule has 1 fully saturated rings. The molecule has 5 atom stereocenters. The minimum absolute atomic E-state index is 0.0325. The molecule has 0 saturated carbocycles. The summed E-state index contributed by atoms with van der Waals surface area (Å²) in [5.74, 6) is -1.24. The van der Waals surface area contributed by atoms with E-state index in [1.54, 1.807) is 61.6 Å². The van der Waals surface area contributed by atoms with Crippen LogP contribution < -0.4 is 5.32 Å². The lowest BCUT2D eigenvalue weighted by molar-refractivity contribution is -0.166. The summed E-state index contributed by atoms with van der Waals surface area (Å²) in [5.41, 5.74) is 9.83. The number of nitrogens with zero attached hydrogens (tertiary/aromatic N) is 6. The number of alkyl carbamates (subject to hydrolysis) is 1. The molecule has 1 aliphatic rings. The van der Waals surface area contributed by atoms with Gasteiger partial charge in [-0.25, -0.2) is 24.4 Å². The average molecular weight is 1020 g/mol. The van der Waals surface area contributed by atoms with Crippen LogP contribution in [0, 0.1) is 5.92 Å². The minimum atomic E-state index is -2.38. The van der Waals surface area contributed by atoms with Crippen LogP contribution >= 0.6 is 0 Å². The molecule has 0 radical (unpaired) electrons. The molecule has 5 aromatic rings. The van der Waals surface area contributed by atoms with Crippen molar-refractivity contribution in [3.63, 3.8) is 0 Å². The van der Waals surface area contributed by atoms with E-state index in [9.17, 15) is 10.3 Å². The predicted octanol–water partition coefficient (Wildman–Crippen LogP) is 12.6. The van der Waals surface area contributed by atoms with Crippen molar-refractivity contribution in [2.24, 2.45) is 11.0 Å². The molecule has 0 aliphatic carbocycles. The Hall–Kier alpha value is -6.30. The first kappa shape index (κ1) is 56.0. The monoisotopic (exact) mass is 1020 g/mol. The topological polar surface area (TPSA) is 212 Å². The second kappa shape index (κ2) is 24.6. The summed E-state index contributed by atoms with van der Waals surface area (Å²) in [4.78, 5) is 60.6. The molecule has 392 valence electrons. The first-order chi connectivity index (χ1) is 34.8. The van der Waals surface area contributed by atoms with Gasteiger partial charge in [0.05, 0.1) is 29.7 Å². The predicted molar refractivity (Wildman–Crippen MR) is 282 cm³/mol. The Morgan fingerprint density at radius 2 is 1.33 bits per heavy atom. The van der Waals surface area contributed by atoms with Gasteiger partial charge >= 0.3 is 18.2 Å². The molecule has 0 spiro atoms. The summed E-state index contributed by atoms with van der Waals surface area (Å²) in [6.45, 7) is 20.1. The van der Waals surface area contributed by atoms with Crippen LogP contribution in [0.5, 0.6) is 0 Å². The lowest BCUT2D eigenvalue weighted by atomic mass is 9.80. The van der Waals surface area contributed by atoms with Gasteiger partial charge in [0.25, 0.3) is 0 Å². The number of likely N-dealkylation sites (tertiary alicyclic amines) is 1. The van der Waals surface area contributed by atoms with Gasteiger partial charge in [0.2, 0.25) is 0 Å².